The lowest BCUT2D eigenvalue weighted by Crippen LogP contribution is -2.37. The summed E-state index contributed by atoms with van der Waals surface area (Å²) >= 11 is 0. The summed E-state index contributed by atoms with van der Waals surface area (Å²) in [6, 6.07) is 67.2. The molecular formula is C104H96O36. The molecule has 12 rings (SSSR count). The molecule has 36 nitrogen and oxygen atoms in total. The van der Waals surface area contributed by atoms with Crippen molar-refractivity contribution >= 4 is 71.6 Å². The molecule has 0 unspecified atom stereocenters. The van der Waals surface area contributed by atoms with E-state index in [9.17, 15) is 119 Å². The van der Waals surface area contributed by atoms with Gasteiger partial charge >= 0.3 is 71.6 Å². The third-order valence-electron chi connectivity index (χ3n) is 19.8. The Bertz CT molecular complexity index is 5800. The van der Waals surface area contributed by atoms with Crippen LogP contribution in [0.2, 0.25) is 0 Å². The summed E-state index contributed by atoms with van der Waals surface area (Å²) in [6.45, 7) is 2.92. The Morgan fingerprint density at radius 1 is 0.164 bits per heavy atom. The van der Waals surface area contributed by atoms with Crippen molar-refractivity contribution in [1.82, 2.24) is 0 Å². The molecule has 0 spiro atoms. The summed E-state index contributed by atoms with van der Waals surface area (Å²) in [7, 11) is 0. The molecular weight excluding hydrogens is 1830 g/mol. The van der Waals surface area contributed by atoms with E-state index in [1.54, 1.807) is 64.1 Å². The van der Waals surface area contributed by atoms with Crippen molar-refractivity contribution in [2.45, 2.75) is 27.7 Å². The standard InChI is InChI=1S/4C26H24O9/c1-26(14-33-23(30)17-2-8-20(27)9-3-17,15-34-24(31)18-4-10-21(28)11-5-18)16-35-25(32)19-6-12-22(29)13-7-19;1-26(14-33-23(30)17-5-2-8-20(27)11-17,15-34-24(31)18-6-3-9-21(28)12-18)16-35-25(32)19-7-4-10-22(29)13-19;1-26(14-33-23(30)17-8-2-5-11-20(17)27,15-34-24(31)18-9-3-6-12-21(18)28)16-35-25(32)19-10-4-7-13-22(19)29;1-26(14-33-23(30)17-5-9-20(27)10-6-17,15-34-24(31)18-7-11-21(28)12-8-18)16-35-25(32)19-3-2-4-22(29)13-19/h4*2-13,27-29H,14-16H2,1H3. The van der Waals surface area contributed by atoms with Gasteiger partial charge in [-0.05, 0) is 258 Å². The highest BCUT2D eigenvalue weighted by Gasteiger charge is 2.37. The van der Waals surface area contributed by atoms with Gasteiger partial charge in [0.25, 0.3) is 0 Å². The second-order valence-corrected chi connectivity index (χ2v) is 32.6. The van der Waals surface area contributed by atoms with Crippen LogP contribution in [-0.4, -0.2) is 212 Å². The van der Waals surface area contributed by atoms with E-state index in [0.717, 1.165) is 0 Å². The van der Waals surface area contributed by atoms with Crippen molar-refractivity contribution in [2.75, 3.05) is 79.3 Å². The Hall–Kier alpha value is -18.1. The number of hydrogen-bond acceptors (Lipinski definition) is 36. The second kappa shape index (κ2) is 50.3. The van der Waals surface area contributed by atoms with Crippen LogP contribution in [0.15, 0.2) is 291 Å². The normalized spacial score (nSPS) is 10.9. The Labute approximate surface area is 799 Å². The molecule has 36 heteroatoms. The smallest absolute Gasteiger partial charge is 0.341 e. The summed E-state index contributed by atoms with van der Waals surface area (Å²) in [4.78, 5) is 149. The molecule has 12 aromatic carbocycles. The van der Waals surface area contributed by atoms with Crippen LogP contribution in [0.25, 0.3) is 0 Å². The number of hydrogen-bond donors (Lipinski definition) is 12. The van der Waals surface area contributed by atoms with Crippen LogP contribution in [0, 0.1) is 21.7 Å². The molecule has 0 aliphatic carbocycles. The maximum atomic E-state index is 12.5. The Balaban J connectivity index is 0.000000209. The van der Waals surface area contributed by atoms with Crippen LogP contribution >= 0.6 is 0 Å². The van der Waals surface area contributed by atoms with Gasteiger partial charge in [-0.25, -0.2) is 57.5 Å². The van der Waals surface area contributed by atoms with Gasteiger partial charge in [0.2, 0.25) is 0 Å². The fraction of sp³-hybridized carbons (Fsp3) is 0.192. The third kappa shape index (κ3) is 33.5. The summed E-state index contributed by atoms with van der Waals surface area (Å²) < 4.78 is 64.2. The topological polar surface area (TPSA) is 558 Å². The molecule has 12 aromatic rings. The lowest BCUT2D eigenvalue weighted by molar-refractivity contribution is -0.0303. The van der Waals surface area contributed by atoms with Gasteiger partial charge in [-0.2, -0.15) is 0 Å². The van der Waals surface area contributed by atoms with E-state index in [-0.39, 0.29) is 215 Å². The SMILES string of the molecule is CC(COC(=O)c1ccc(O)cc1)(COC(=O)c1ccc(O)cc1)COC(=O)c1ccc(O)cc1.CC(COC(=O)c1ccc(O)cc1)(COC(=O)c1ccc(O)cc1)COC(=O)c1cccc(O)c1.CC(COC(=O)c1cccc(O)c1)(COC(=O)c1cccc(O)c1)COC(=O)c1cccc(O)c1.CC(COC(=O)c1ccccc1O)(COC(=O)c1ccccc1O)COC(=O)c1ccccc1O. The fourth-order valence-electron chi connectivity index (χ4n) is 11.8. The molecule has 0 radical (unpaired) electrons. The molecule has 0 bridgehead atoms. The van der Waals surface area contributed by atoms with Gasteiger partial charge < -0.3 is 118 Å². The van der Waals surface area contributed by atoms with Gasteiger partial charge in [0.05, 0.1) is 71.7 Å². The van der Waals surface area contributed by atoms with E-state index in [4.69, 9.17) is 56.8 Å². The van der Waals surface area contributed by atoms with Gasteiger partial charge in [0.15, 0.2) is 0 Å². The average Bonchev–Trinajstić information content (AvgIpc) is 0.837. The molecule has 0 aliphatic heterocycles. The second-order valence-electron chi connectivity index (χ2n) is 32.6. The first-order valence-corrected chi connectivity index (χ1v) is 42.2. The largest absolute Gasteiger partial charge is 0.508 e. The molecule has 0 heterocycles. The first kappa shape index (κ1) is 106. The molecule has 0 saturated carbocycles. The minimum atomic E-state index is -1.21. The molecule has 0 aliphatic rings. The zero-order valence-electron chi connectivity index (χ0n) is 75.4. The van der Waals surface area contributed by atoms with Crippen LogP contribution in [0.1, 0.15) is 152 Å². The van der Waals surface area contributed by atoms with E-state index in [1.807, 2.05) is 0 Å². The van der Waals surface area contributed by atoms with Crippen molar-refractivity contribution in [3.8, 4) is 69.0 Å². The number of carbonyl (C=O) groups excluding carboxylic acids is 12. The summed E-state index contributed by atoms with van der Waals surface area (Å²) in [5.41, 5.74) is -3.31. The quantitative estimate of drug-likeness (QED) is 0.0128. The van der Waals surface area contributed by atoms with Gasteiger partial charge in [-0.1, -0.05) is 60.7 Å². The van der Waals surface area contributed by atoms with Crippen molar-refractivity contribution in [3.05, 3.63) is 358 Å². The minimum absolute atomic E-state index is 0.00586. The van der Waals surface area contributed by atoms with Crippen molar-refractivity contribution in [2.24, 2.45) is 21.7 Å². The number of phenols is 12. The van der Waals surface area contributed by atoms with E-state index in [2.05, 4.69) is 0 Å². The van der Waals surface area contributed by atoms with Crippen LogP contribution in [-0.2, 0) is 56.8 Å². The van der Waals surface area contributed by atoms with Gasteiger partial charge in [0, 0.05) is 0 Å². The van der Waals surface area contributed by atoms with Crippen molar-refractivity contribution < 1.29 is 176 Å². The molecule has 140 heavy (non-hydrogen) atoms. The number of ether oxygens (including phenoxy) is 12. The lowest BCUT2D eigenvalue weighted by Gasteiger charge is -2.28. The number of para-hydroxylation sites is 3. The predicted octanol–water partition coefficient (Wildman–Crippen LogP) is 14.7. The van der Waals surface area contributed by atoms with E-state index < -0.39 is 93.3 Å². The third-order valence-corrected chi connectivity index (χ3v) is 19.8. The zero-order chi connectivity index (χ0) is 102. The number of carbonyl (C=O) groups is 12. The van der Waals surface area contributed by atoms with Crippen LogP contribution in [0.3, 0.4) is 0 Å². The average molecular weight is 1920 g/mol. The first-order chi connectivity index (χ1) is 66.6. The number of phenolic OH excluding ortho intramolecular Hbond substituents is 12. The maximum absolute atomic E-state index is 12.5. The maximum Gasteiger partial charge on any atom is 0.341 e. The minimum Gasteiger partial charge on any atom is -0.508 e. The Morgan fingerprint density at radius 3 is 0.457 bits per heavy atom. The summed E-state index contributed by atoms with van der Waals surface area (Å²) in [5.74, 6) is -10.0. The molecule has 0 fully saturated rings. The van der Waals surface area contributed by atoms with Crippen LogP contribution in [0.5, 0.6) is 69.0 Å². The monoisotopic (exact) mass is 1920 g/mol. The highest BCUT2D eigenvalue weighted by atomic mass is 16.6. The number of rotatable bonds is 36. The molecule has 728 valence electrons. The summed E-state index contributed by atoms with van der Waals surface area (Å²) in [5, 5.41) is 115. The Morgan fingerprint density at radius 2 is 0.307 bits per heavy atom. The highest BCUT2D eigenvalue weighted by molar-refractivity contribution is 5.96. The number of esters is 12. The highest BCUT2D eigenvalue weighted by Crippen LogP contribution is 2.31. The van der Waals surface area contributed by atoms with E-state index in [0.29, 0.717) is 0 Å². The van der Waals surface area contributed by atoms with Crippen molar-refractivity contribution in [3.63, 3.8) is 0 Å². The van der Waals surface area contributed by atoms with E-state index in [1.165, 1.54) is 255 Å². The fourth-order valence-corrected chi connectivity index (χ4v) is 11.8. The van der Waals surface area contributed by atoms with Gasteiger partial charge in [0.1, 0.15) is 165 Å². The molecule has 12 N–H and O–H groups in total. The van der Waals surface area contributed by atoms with Crippen LogP contribution in [0.4, 0.5) is 0 Å². The van der Waals surface area contributed by atoms with E-state index >= 15 is 0 Å². The molecule has 0 amide bonds. The molecule has 0 saturated heterocycles. The molecule has 0 aromatic heterocycles. The Kier molecular flexibility index (Phi) is 37.9. The predicted molar refractivity (Wildman–Crippen MR) is 493 cm³/mol. The zero-order valence-corrected chi connectivity index (χ0v) is 75.4. The van der Waals surface area contributed by atoms with Gasteiger partial charge in [-0.3, -0.25) is 0 Å². The van der Waals surface area contributed by atoms with Crippen molar-refractivity contribution in [1.29, 1.82) is 0 Å². The summed E-state index contributed by atoms with van der Waals surface area (Å²) in [6.07, 6.45) is 0. The number of aromatic hydroxyl groups is 12. The first-order valence-electron chi connectivity index (χ1n) is 42.2. The van der Waals surface area contributed by atoms with Gasteiger partial charge in [-0.15, -0.1) is 0 Å². The number of benzene rings is 12. The lowest BCUT2D eigenvalue weighted by atomic mass is 9.94. The molecule has 0 atom stereocenters. The van der Waals surface area contributed by atoms with Crippen LogP contribution < -0.4 is 0 Å².